The van der Waals surface area contributed by atoms with Crippen LogP contribution in [0, 0.1) is 0 Å². The maximum Gasteiger partial charge on any atom is 0.309 e. The van der Waals surface area contributed by atoms with Gasteiger partial charge in [0.25, 0.3) is 0 Å². The molecule has 2 N–H and O–H groups in total. The Morgan fingerprint density at radius 2 is 2.33 bits per heavy atom. The van der Waals surface area contributed by atoms with Crippen molar-refractivity contribution in [2.24, 2.45) is 0 Å². The molecule has 18 heavy (non-hydrogen) atoms. The maximum atomic E-state index is 11.5. The number of aliphatic carboxylic acids is 1. The average molecular weight is 256 g/mol. The van der Waals surface area contributed by atoms with E-state index in [1.165, 1.54) is 10.9 Å². The first-order valence-electron chi connectivity index (χ1n) is 5.48. The molecule has 1 amide bonds. The second-order valence-corrected chi connectivity index (χ2v) is 3.67. The molecule has 1 heterocycles. The van der Waals surface area contributed by atoms with Gasteiger partial charge in [0.2, 0.25) is 5.91 Å². The number of amides is 1. The van der Waals surface area contributed by atoms with Crippen LogP contribution in [0.3, 0.4) is 0 Å². The summed E-state index contributed by atoms with van der Waals surface area (Å²) >= 11 is 0. The van der Waals surface area contributed by atoms with Gasteiger partial charge < -0.3 is 15.2 Å². The number of nitrogens with one attached hydrogen (secondary N) is 1. The van der Waals surface area contributed by atoms with Crippen LogP contribution in [0.15, 0.2) is 6.20 Å². The lowest BCUT2D eigenvalue weighted by molar-refractivity contribution is -0.136. The van der Waals surface area contributed by atoms with Crippen molar-refractivity contribution in [2.75, 3.05) is 20.3 Å². The summed E-state index contributed by atoms with van der Waals surface area (Å²) in [5.74, 6) is -1.18. The molecular formula is C10H16N4O4. The second kappa shape index (κ2) is 7.38. The van der Waals surface area contributed by atoms with Gasteiger partial charge in [0.1, 0.15) is 6.54 Å². The summed E-state index contributed by atoms with van der Waals surface area (Å²) in [5.41, 5.74) is 0.328. The van der Waals surface area contributed by atoms with Crippen molar-refractivity contribution in [3.63, 3.8) is 0 Å². The van der Waals surface area contributed by atoms with Gasteiger partial charge in [-0.25, -0.2) is 4.68 Å². The van der Waals surface area contributed by atoms with Crippen molar-refractivity contribution in [1.29, 1.82) is 0 Å². The predicted octanol–water partition coefficient (Wildman–Crippen LogP) is -0.942. The predicted molar refractivity (Wildman–Crippen MR) is 60.9 cm³/mol. The monoisotopic (exact) mass is 256 g/mol. The third-order valence-corrected chi connectivity index (χ3v) is 2.07. The van der Waals surface area contributed by atoms with Crippen LogP contribution in [0.25, 0.3) is 0 Å². The van der Waals surface area contributed by atoms with Crippen LogP contribution in [-0.2, 0) is 27.3 Å². The Kier molecular flexibility index (Phi) is 5.78. The Bertz CT molecular complexity index is 404. The molecule has 0 aromatic carbocycles. The third-order valence-electron chi connectivity index (χ3n) is 2.07. The maximum absolute atomic E-state index is 11.5. The number of aromatic nitrogens is 3. The van der Waals surface area contributed by atoms with Crippen molar-refractivity contribution in [3.8, 4) is 0 Å². The summed E-state index contributed by atoms with van der Waals surface area (Å²) in [5, 5.41) is 18.6. The number of rotatable bonds is 8. The van der Waals surface area contributed by atoms with Crippen LogP contribution in [0.2, 0.25) is 0 Å². The summed E-state index contributed by atoms with van der Waals surface area (Å²) in [6.07, 6.45) is 1.99. The van der Waals surface area contributed by atoms with Crippen LogP contribution in [-0.4, -0.2) is 52.2 Å². The molecule has 100 valence electrons. The van der Waals surface area contributed by atoms with E-state index < -0.39 is 5.97 Å². The van der Waals surface area contributed by atoms with Crippen LogP contribution >= 0.6 is 0 Å². The van der Waals surface area contributed by atoms with E-state index in [9.17, 15) is 9.59 Å². The molecule has 0 aliphatic rings. The van der Waals surface area contributed by atoms with Gasteiger partial charge in [-0.2, -0.15) is 0 Å². The first-order chi connectivity index (χ1) is 8.61. The Hall–Kier alpha value is -1.96. The summed E-state index contributed by atoms with van der Waals surface area (Å²) in [4.78, 5) is 21.9. The van der Waals surface area contributed by atoms with Crippen molar-refractivity contribution >= 4 is 11.9 Å². The normalized spacial score (nSPS) is 10.3. The summed E-state index contributed by atoms with van der Waals surface area (Å²) in [6.45, 7) is 1.15. The lowest BCUT2D eigenvalue weighted by Gasteiger charge is -2.03. The highest BCUT2D eigenvalue weighted by atomic mass is 16.5. The zero-order valence-corrected chi connectivity index (χ0v) is 10.1. The summed E-state index contributed by atoms with van der Waals surface area (Å²) < 4.78 is 6.16. The van der Waals surface area contributed by atoms with Gasteiger partial charge in [0, 0.05) is 26.5 Å². The number of carboxylic acids is 1. The minimum absolute atomic E-state index is 0.0274. The topological polar surface area (TPSA) is 106 Å². The van der Waals surface area contributed by atoms with Crippen molar-refractivity contribution in [2.45, 2.75) is 19.4 Å². The highest BCUT2D eigenvalue weighted by Gasteiger charge is 2.08. The standard InChI is InChI=1S/C10H16N4O4/c1-18-4-2-3-11-9(15)7-14-6-8(12-13-14)5-10(16)17/h6H,2-5,7H2,1H3,(H,11,15)(H,16,17). The van der Waals surface area contributed by atoms with E-state index in [0.717, 1.165) is 6.42 Å². The lowest BCUT2D eigenvalue weighted by Crippen LogP contribution is -2.29. The number of methoxy groups -OCH3 is 1. The molecule has 0 fully saturated rings. The fourth-order valence-electron chi connectivity index (χ4n) is 1.30. The summed E-state index contributed by atoms with van der Waals surface area (Å²) in [6, 6.07) is 0. The average Bonchev–Trinajstić information content (AvgIpc) is 2.71. The number of hydrogen-bond donors (Lipinski definition) is 2. The molecular weight excluding hydrogens is 240 g/mol. The summed E-state index contributed by atoms with van der Waals surface area (Å²) in [7, 11) is 1.60. The number of carbonyl (C=O) groups excluding carboxylic acids is 1. The quantitative estimate of drug-likeness (QED) is 0.581. The van der Waals surface area contributed by atoms with E-state index in [1.54, 1.807) is 7.11 Å². The number of carbonyl (C=O) groups is 2. The molecule has 1 aromatic heterocycles. The van der Waals surface area contributed by atoms with E-state index >= 15 is 0 Å². The molecule has 0 spiro atoms. The van der Waals surface area contributed by atoms with Gasteiger partial charge in [-0.15, -0.1) is 5.10 Å². The van der Waals surface area contributed by atoms with Crippen molar-refractivity contribution < 1.29 is 19.4 Å². The largest absolute Gasteiger partial charge is 0.481 e. The minimum atomic E-state index is -0.980. The van der Waals surface area contributed by atoms with E-state index in [0.29, 0.717) is 18.8 Å². The van der Waals surface area contributed by atoms with Gasteiger partial charge in [-0.1, -0.05) is 5.21 Å². The molecule has 0 radical (unpaired) electrons. The molecule has 8 heteroatoms. The number of hydrogen-bond acceptors (Lipinski definition) is 5. The third kappa shape index (κ3) is 5.39. The van der Waals surface area contributed by atoms with Gasteiger partial charge in [-0.05, 0) is 6.42 Å². The van der Waals surface area contributed by atoms with E-state index in [1.807, 2.05) is 0 Å². The Morgan fingerprint density at radius 3 is 3.00 bits per heavy atom. The lowest BCUT2D eigenvalue weighted by atomic mass is 10.3. The van der Waals surface area contributed by atoms with Crippen molar-refractivity contribution in [1.82, 2.24) is 20.3 Å². The SMILES string of the molecule is COCCCNC(=O)Cn1cc(CC(=O)O)nn1. The molecule has 0 saturated carbocycles. The zero-order valence-electron chi connectivity index (χ0n) is 10.1. The number of ether oxygens (including phenoxy) is 1. The highest BCUT2D eigenvalue weighted by molar-refractivity contribution is 5.75. The van der Waals surface area contributed by atoms with Crippen LogP contribution < -0.4 is 5.32 Å². The van der Waals surface area contributed by atoms with Crippen LogP contribution in [0.5, 0.6) is 0 Å². The fraction of sp³-hybridized carbons (Fsp3) is 0.600. The molecule has 1 aromatic rings. The van der Waals surface area contributed by atoms with Gasteiger partial charge >= 0.3 is 5.97 Å². The molecule has 1 rings (SSSR count). The molecule has 0 saturated heterocycles. The molecule has 8 nitrogen and oxygen atoms in total. The van der Waals surface area contributed by atoms with Gasteiger partial charge in [0.05, 0.1) is 12.1 Å². The first kappa shape index (κ1) is 14.1. The molecule has 0 bridgehead atoms. The second-order valence-electron chi connectivity index (χ2n) is 3.67. The number of nitrogens with zero attached hydrogens (tertiary/aromatic N) is 3. The Morgan fingerprint density at radius 1 is 1.56 bits per heavy atom. The molecule has 0 aliphatic heterocycles. The fourth-order valence-corrected chi connectivity index (χ4v) is 1.30. The highest BCUT2D eigenvalue weighted by Crippen LogP contribution is 1.94. The van der Waals surface area contributed by atoms with E-state index in [-0.39, 0.29) is 18.9 Å². The zero-order chi connectivity index (χ0) is 13.4. The number of carboxylic acid groups (broad SMARTS) is 1. The van der Waals surface area contributed by atoms with Crippen LogP contribution in [0.4, 0.5) is 0 Å². The molecule has 0 unspecified atom stereocenters. The first-order valence-corrected chi connectivity index (χ1v) is 5.48. The van der Waals surface area contributed by atoms with E-state index in [2.05, 4.69) is 15.6 Å². The van der Waals surface area contributed by atoms with Gasteiger partial charge in [0.15, 0.2) is 0 Å². The van der Waals surface area contributed by atoms with Gasteiger partial charge in [-0.3, -0.25) is 9.59 Å². The van der Waals surface area contributed by atoms with E-state index in [4.69, 9.17) is 9.84 Å². The Balaban J connectivity index is 2.31. The van der Waals surface area contributed by atoms with Crippen molar-refractivity contribution in [3.05, 3.63) is 11.9 Å². The Labute approximate surface area is 104 Å². The molecule has 0 atom stereocenters. The van der Waals surface area contributed by atoms with Crippen LogP contribution in [0.1, 0.15) is 12.1 Å². The molecule has 0 aliphatic carbocycles. The smallest absolute Gasteiger partial charge is 0.309 e. The minimum Gasteiger partial charge on any atom is -0.481 e.